The van der Waals surface area contributed by atoms with Gasteiger partial charge >= 0.3 is 0 Å². The number of nitrogens with zero attached hydrogens (tertiary/aromatic N) is 2. The molecule has 1 aliphatic rings. The third-order valence-corrected chi connectivity index (χ3v) is 7.13. The highest BCUT2D eigenvalue weighted by Gasteiger charge is 2.54. The maximum absolute atomic E-state index is 13.2. The number of nitriles is 1. The standard InChI is InChI=1S/C16H19ClN2O3S/c1-2-19(12-11-18)15(20)16(9-3-4-10-16)23(21,22)14-7-5-13(17)6-8-14/h5-8H,2-4,9-10,12H2,1H3. The summed E-state index contributed by atoms with van der Waals surface area (Å²) >= 11 is 5.83. The fourth-order valence-corrected chi connectivity index (χ4v) is 5.34. The van der Waals surface area contributed by atoms with E-state index >= 15 is 0 Å². The van der Waals surface area contributed by atoms with E-state index in [9.17, 15) is 13.2 Å². The van der Waals surface area contributed by atoms with Crippen molar-refractivity contribution < 1.29 is 13.2 Å². The molecule has 0 radical (unpaired) electrons. The summed E-state index contributed by atoms with van der Waals surface area (Å²) in [7, 11) is -3.85. The van der Waals surface area contributed by atoms with Crippen LogP contribution in [0.25, 0.3) is 0 Å². The Balaban J connectivity index is 2.50. The smallest absolute Gasteiger partial charge is 0.245 e. The zero-order valence-corrected chi connectivity index (χ0v) is 14.5. The van der Waals surface area contributed by atoms with Crippen molar-refractivity contribution in [3.8, 4) is 6.07 Å². The molecule has 1 aromatic carbocycles. The first-order chi connectivity index (χ1) is 10.9. The van der Waals surface area contributed by atoms with Crippen LogP contribution in [0, 0.1) is 11.3 Å². The SMILES string of the molecule is CCN(CC#N)C(=O)C1(S(=O)(=O)c2ccc(Cl)cc2)CCCC1. The minimum Gasteiger partial charge on any atom is -0.328 e. The molecule has 0 spiro atoms. The molecular formula is C16H19ClN2O3S. The molecule has 1 aromatic rings. The number of hydrogen-bond donors (Lipinski definition) is 0. The second-order valence-corrected chi connectivity index (χ2v) is 8.33. The van der Waals surface area contributed by atoms with Gasteiger partial charge in [0.15, 0.2) is 14.6 Å². The van der Waals surface area contributed by atoms with Gasteiger partial charge in [-0.3, -0.25) is 4.79 Å². The summed E-state index contributed by atoms with van der Waals surface area (Å²) in [5.41, 5.74) is 0. The van der Waals surface area contributed by atoms with Crippen LogP contribution < -0.4 is 0 Å². The van der Waals surface area contributed by atoms with Crippen LogP contribution in [0.2, 0.25) is 5.02 Å². The van der Waals surface area contributed by atoms with Crippen molar-refractivity contribution in [1.29, 1.82) is 5.26 Å². The fraction of sp³-hybridized carbons (Fsp3) is 0.500. The average Bonchev–Trinajstić information content (AvgIpc) is 3.04. The maximum atomic E-state index is 13.2. The highest BCUT2D eigenvalue weighted by molar-refractivity contribution is 7.93. The Hall–Kier alpha value is -1.58. The monoisotopic (exact) mass is 354 g/mol. The molecule has 0 atom stereocenters. The Morgan fingerprint density at radius 2 is 1.87 bits per heavy atom. The molecule has 1 fully saturated rings. The van der Waals surface area contributed by atoms with Gasteiger partial charge in [-0.15, -0.1) is 0 Å². The molecule has 7 heteroatoms. The van der Waals surface area contributed by atoms with Crippen molar-refractivity contribution in [2.75, 3.05) is 13.1 Å². The van der Waals surface area contributed by atoms with E-state index in [1.54, 1.807) is 6.92 Å². The van der Waals surface area contributed by atoms with E-state index in [2.05, 4.69) is 0 Å². The summed E-state index contributed by atoms with van der Waals surface area (Å²) in [5.74, 6) is -0.464. The van der Waals surface area contributed by atoms with Crippen LogP contribution >= 0.6 is 11.6 Å². The van der Waals surface area contributed by atoms with Crippen molar-refractivity contribution in [3.05, 3.63) is 29.3 Å². The van der Waals surface area contributed by atoms with Crippen LogP contribution in [0.3, 0.4) is 0 Å². The molecule has 0 bridgehead atoms. The van der Waals surface area contributed by atoms with E-state index < -0.39 is 20.5 Å². The minimum atomic E-state index is -3.85. The van der Waals surface area contributed by atoms with Crippen molar-refractivity contribution in [2.24, 2.45) is 0 Å². The minimum absolute atomic E-state index is 0.102. The lowest BCUT2D eigenvalue weighted by atomic mass is 10.1. The molecule has 0 aromatic heterocycles. The summed E-state index contributed by atoms with van der Waals surface area (Å²) < 4.78 is 24.9. The third kappa shape index (κ3) is 3.08. The highest BCUT2D eigenvalue weighted by Crippen LogP contribution is 2.42. The van der Waals surface area contributed by atoms with Crippen LogP contribution in [-0.2, 0) is 14.6 Å². The highest BCUT2D eigenvalue weighted by atomic mass is 35.5. The average molecular weight is 355 g/mol. The van der Waals surface area contributed by atoms with Crippen LogP contribution in [0.5, 0.6) is 0 Å². The number of hydrogen-bond acceptors (Lipinski definition) is 4. The van der Waals surface area contributed by atoms with Gasteiger partial charge in [0.1, 0.15) is 6.54 Å². The predicted molar refractivity (Wildman–Crippen MR) is 87.7 cm³/mol. The number of benzene rings is 1. The summed E-state index contributed by atoms with van der Waals surface area (Å²) in [6.45, 7) is 1.95. The van der Waals surface area contributed by atoms with Gasteiger partial charge in [0.05, 0.1) is 11.0 Å². The van der Waals surface area contributed by atoms with Crippen molar-refractivity contribution in [3.63, 3.8) is 0 Å². The molecule has 0 aliphatic heterocycles. The van der Waals surface area contributed by atoms with Gasteiger partial charge in [-0.05, 0) is 44.0 Å². The summed E-state index contributed by atoms with van der Waals surface area (Å²) in [5, 5.41) is 9.33. The van der Waals surface area contributed by atoms with Gasteiger partial charge in [0.2, 0.25) is 5.91 Å². The molecule has 5 nitrogen and oxygen atoms in total. The van der Waals surface area contributed by atoms with E-state index in [1.165, 1.54) is 29.2 Å². The second kappa shape index (κ2) is 6.90. The van der Waals surface area contributed by atoms with E-state index in [0.29, 0.717) is 37.3 Å². The second-order valence-electron chi connectivity index (χ2n) is 5.64. The van der Waals surface area contributed by atoms with E-state index in [1.807, 2.05) is 6.07 Å². The number of sulfone groups is 1. The molecule has 0 unspecified atom stereocenters. The van der Waals surface area contributed by atoms with Gasteiger partial charge in [-0.2, -0.15) is 5.26 Å². The molecule has 2 rings (SSSR count). The molecule has 0 heterocycles. The molecule has 0 saturated heterocycles. The zero-order valence-electron chi connectivity index (χ0n) is 13.0. The van der Waals surface area contributed by atoms with Gasteiger partial charge in [-0.1, -0.05) is 24.4 Å². The first-order valence-corrected chi connectivity index (χ1v) is 9.41. The Morgan fingerprint density at radius 3 is 2.35 bits per heavy atom. The van der Waals surface area contributed by atoms with Gasteiger partial charge < -0.3 is 4.90 Å². The predicted octanol–water partition coefficient (Wildman–Crippen LogP) is 2.80. The van der Waals surface area contributed by atoms with E-state index in [-0.39, 0.29) is 11.4 Å². The molecule has 1 saturated carbocycles. The summed E-state index contributed by atoms with van der Waals surface area (Å²) in [6.07, 6.45) is 1.95. The number of carbonyl (C=O) groups excluding carboxylic acids is 1. The fourth-order valence-electron chi connectivity index (χ4n) is 3.08. The Morgan fingerprint density at radius 1 is 1.30 bits per heavy atom. The quantitative estimate of drug-likeness (QED) is 0.761. The van der Waals surface area contributed by atoms with Gasteiger partial charge in [0, 0.05) is 11.6 Å². The van der Waals surface area contributed by atoms with Gasteiger partial charge in [0.25, 0.3) is 0 Å². The molecule has 0 N–H and O–H groups in total. The number of halogens is 1. The zero-order chi connectivity index (χ0) is 17.1. The first kappa shape index (κ1) is 17.8. The third-order valence-electron chi connectivity index (χ3n) is 4.37. The largest absolute Gasteiger partial charge is 0.328 e. The molecule has 124 valence electrons. The van der Waals surface area contributed by atoms with Crippen LogP contribution in [0.4, 0.5) is 0 Å². The summed E-state index contributed by atoms with van der Waals surface area (Å²) in [4.78, 5) is 14.4. The van der Waals surface area contributed by atoms with Crippen LogP contribution in [0.1, 0.15) is 32.6 Å². The molecular weight excluding hydrogens is 336 g/mol. The lowest BCUT2D eigenvalue weighted by Gasteiger charge is -2.32. The van der Waals surface area contributed by atoms with Crippen molar-refractivity contribution in [2.45, 2.75) is 42.2 Å². The first-order valence-electron chi connectivity index (χ1n) is 7.55. The van der Waals surface area contributed by atoms with Crippen molar-refractivity contribution >= 4 is 27.3 Å². The lowest BCUT2D eigenvalue weighted by Crippen LogP contribution is -2.52. The number of carbonyl (C=O) groups is 1. The van der Waals surface area contributed by atoms with E-state index in [0.717, 1.165) is 0 Å². The Kier molecular flexibility index (Phi) is 5.33. The Bertz CT molecular complexity index is 717. The number of rotatable bonds is 5. The van der Waals surface area contributed by atoms with Crippen LogP contribution in [0.15, 0.2) is 29.2 Å². The van der Waals surface area contributed by atoms with E-state index in [4.69, 9.17) is 16.9 Å². The molecule has 1 aliphatic carbocycles. The lowest BCUT2D eigenvalue weighted by molar-refractivity contribution is -0.133. The van der Waals surface area contributed by atoms with Crippen molar-refractivity contribution in [1.82, 2.24) is 4.90 Å². The maximum Gasteiger partial charge on any atom is 0.245 e. The topological polar surface area (TPSA) is 78.2 Å². The molecule has 23 heavy (non-hydrogen) atoms. The van der Waals surface area contributed by atoms with Gasteiger partial charge in [-0.25, -0.2) is 8.42 Å². The normalized spacial score (nSPS) is 16.7. The summed E-state index contributed by atoms with van der Waals surface area (Å²) in [6, 6.07) is 7.82. The van der Waals surface area contributed by atoms with Crippen LogP contribution in [-0.4, -0.2) is 37.1 Å². The number of amides is 1. The molecule has 1 amide bonds. The Labute approximate surface area is 141 Å².